The molecule has 0 aliphatic rings. The Balaban J connectivity index is 2.17. The third kappa shape index (κ3) is 3.78. The second kappa shape index (κ2) is 6.98. The molecule has 0 saturated heterocycles. The van der Waals surface area contributed by atoms with E-state index < -0.39 is 0 Å². The lowest BCUT2D eigenvalue weighted by Gasteiger charge is -2.04. The first-order valence-electron chi connectivity index (χ1n) is 5.13. The Labute approximate surface area is 90.3 Å². The summed E-state index contributed by atoms with van der Waals surface area (Å²) >= 11 is 1.84. The van der Waals surface area contributed by atoms with Gasteiger partial charge in [0.15, 0.2) is 0 Å². The lowest BCUT2D eigenvalue weighted by Crippen LogP contribution is -2.16. The van der Waals surface area contributed by atoms with Crippen molar-refractivity contribution in [1.29, 1.82) is 0 Å². The van der Waals surface area contributed by atoms with Crippen LogP contribution >= 0.6 is 11.3 Å². The normalized spacial score (nSPS) is 10.7. The molecule has 1 heterocycles. The lowest BCUT2D eigenvalue weighted by molar-refractivity contribution is 0.194. The standard InChI is InChI=1S/C11H19NOS/c1-3-10-5-8-14-11(10)9-12-6-4-7-13-2/h5,8,12H,3-4,6-7,9H2,1-2H3. The van der Waals surface area contributed by atoms with Crippen LogP contribution in [0.2, 0.25) is 0 Å². The molecule has 0 amide bonds. The second-order valence-electron chi connectivity index (χ2n) is 3.25. The number of thiophene rings is 1. The Hall–Kier alpha value is -0.380. The van der Waals surface area contributed by atoms with Gasteiger partial charge in [0.25, 0.3) is 0 Å². The molecule has 0 saturated carbocycles. The minimum absolute atomic E-state index is 0.845. The van der Waals surface area contributed by atoms with Gasteiger partial charge in [-0.1, -0.05) is 6.92 Å². The van der Waals surface area contributed by atoms with Crippen molar-refractivity contribution < 1.29 is 4.74 Å². The Bertz CT molecular complexity index is 247. The molecular weight excluding hydrogens is 194 g/mol. The number of aryl methyl sites for hydroxylation is 1. The highest BCUT2D eigenvalue weighted by Gasteiger charge is 2.00. The van der Waals surface area contributed by atoms with Crippen molar-refractivity contribution in [3.05, 3.63) is 21.9 Å². The number of rotatable bonds is 7. The van der Waals surface area contributed by atoms with Crippen molar-refractivity contribution in [1.82, 2.24) is 5.32 Å². The number of hydrogen-bond donors (Lipinski definition) is 1. The fraction of sp³-hybridized carbons (Fsp3) is 0.636. The molecule has 14 heavy (non-hydrogen) atoms. The van der Waals surface area contributed by atoms with Crippen molar-refractivity contribution in [2.45, 2.75) is 26.3 Å². The van der Waals surface area contributed by atoms with Crippen molar-refractivity contribution >= 4 is 11.3 Å². The molecule has 1 aromatic heterocycles. The van der Waals surface area contributed by atoms with Crippen molar-refractivity contribution in [2.75, 3.05) is 20.3 Å². The van der Waals surface area contributed by atoms with E-state index >= 15 is 0 Å². The molecule has 1 N–H and O–H groups in total. The van der Waals surface area contributed by atoms with Crippen LogP contribution in [0.4, 0.5) is 0 Å². The summed E-state index contributed by atoms with van der Waals surface area (Å²) in [6.45, 7) is 5.09. The SMILES string of the molecule is CCc1ccsc1CNCCCOC. The summed E-state index contributed by atoms with van der Waals surface area (Å²) < 4.78 is 4.99. The zero-order valence-corrected chi connectivity index (χ0v) is 9.82. The fourth-order valence-electron chi connectivity index (χ4n) is 1.38. The van der Waals surface area contributed by atoms with Crippen LogP contribution < -0.4 is 5.32 Å². The first-order valence-corrected chi connectivity index (χ1v) is 6.01. The highest BCUT2D eigenvalue weighted by Crippen LogP contribution is 2.16. The second-order valence-corrected chi connectivity index (χ2v) is 4.25. The van der Waals surface area contributed by atoms with Gasteiger partial charge in [-0.3, -0.25) is 0 Å². The van der Waals surface area contributed by atoms with Crippen LogP contribution in [0.25, 0.3) is 0 Å². The first kappa shape index (κ1) is 11.7. The van der Waals surface area contributed by atoms with Crippen LogP contribution in [-0.2, 0) is 17.7 Å². The van der Waals surface area contributed by atoms with Gasteiger partial charge in [0.1, 0.15) is 0 Å². The maximum atomic E-state index is 4.99. The first-order chi connectivity index (χ1) is 6.88. The van der Waals surface area contributed by atoms with Gasteiger partial charge in [-0.05, 0) is 36.4 Å². The molecule has 0 radical (unpaired) electrons. The maximum Gasteiger partial charge on any atom is 0.0474 e. The van der Waals surface area contributed by atoms with Crippen LogP contribution in [0, 0.1) is 0 Å². The van der Waals surface area contributed by atoms with Gasteiger partial charge in [-0.25, -0.2) is 0 Å². The maximum absolute atomic E-state index is 4.99. The average molecular weight is 213 g/mol. The average Bonchev–Trinajstić information content (AvgIpc) is 2.65. The molecule has 2 nitrogen and oxygen atoms in total. The minimum atomic E-state index is 0.845. The Morgan fingerprint density at radius 2 is 2.36 bits per heavy atom. The van der Waals surface area contributed by atoms with Crippen LogP contribution in [-0.4, -0.2) is 20.3 Å². The highest BCUT2D eigenvalue weighted by atomic mass is 32.1. The summed E-state index contributed by atoms with van der Waals surface area (Å²) in [4.78, 5) is 1.48. The molecule has 0 spiro atoms. The van der Waals surface area contributed by atoms with E-state index in [1.54, 1.807) is 7.11 Å². The van der Waals surface area contributed by atoms with Gasteiger partial charge in [0.2, 0.25) is 0 Å². The Morgan fingerprint density at radius 3 is 3.07 bits per heavy atom. The minimum Gasteiger partial charge on any atom is -0.385 e. The van der Waals surface area contributed by atoms with E-state index in [4.69, 9.17) is 4.74 Å². The number of hydrogen-bond acceptors (Lipinski definition) is 3. The molecule has 1 rings (SSSR count). The van der Waals surface area contributed by atoms with Gasteiger partial charge in [0, 0.05) is 25.1 Å². The molecule has 1 aromatic rings. The smallest absolute Gasteiger partial charge is 0.0474 e. The zero-order chi connectivity index (χ0) is 10.2. The predicted molar refractivity (Wildman–Crippen MR) is 61.9 cm³/mol. The molecular formula is C11H19NOS. The molecule has 0 fully saturated rings. The summed E-state index contributed by atoms with van der Waals surface area (Å²) in [6, 6.07) is 2.22. The van der Waals surface area contributed by atoms with Crippen LogP contribution in [0.15, 0.2) is 11.4 Å². The quantitative estimate of drug-likeness (QED) is 0.702. The van der Waals surface area contributed by atoms with Gasteiger partial charge < -0.3 is 10.1 Å². The van der Waals surface area contributed by atoms with E-state index in [9.17, 15) is 0 Å². The van der Waals surface area contributed by atoms with E-state index in [1.165, 1.54) is 10.4 Å². The molecule has 0 atom stereocenters. The van der Waals surface area contributed by atoms with Crippen LogP contribution in [0.1, 0.15) is 23.8 Å². The lowest BCUT2D eigenvalue weighted by atomic mass is 10.2. The molecule has 0 aliphatic carbocycles. The monoisotopic (exact) mass is 213 g/mol. The summed E-state index contributed by atoms with van der Waals surface area (Å²) in [6.07, 6.45) is 2.22. The predicted octanol–water partition coefficient (Wildman–Crippen LogP) is 2.44. The number of nitrogens with one attached hydrogen (secondary N) is 1. The van der Waals surface area contributed by atoms with E-state index in [1.807, 2.05) is 11.3 Å². The van der Waals surface area contributed by atoms with Gasteiger partial charge in [-0.2, -0.15) is 0 Å². The van der Waals surface area contributed by atoms with Gasteiger partial charge >= 0.3 is 0 Å². The van der Waals surface area contributed by atoms with Crippen LogP contribution in [0.5, 0.6) is 0 Å². The molecule has 80 valence electrons. The fourth-order valence-corrected chi connectivity index (χ4v) is 2.33. The van der Waals surface area contributed by atoms with Crippen molar-refractivity contribution in [3.63, 3.8) is 0 Å². The van der Waals surface area contributed by atoms with Gasteiger partial charge in [-0.15, -0.1) is 11.3 Å². The highest BCUT2D eigenvalue weighted by molar-refractivity contribution is 7.10. The summed E-state index contributed by atoms with van der Waals surface area (Å²) in [7, 11) is 1.74. The van der Waals surface area contributed by atoms with E-state index in [0.717, 1.165) is 32.5 Å². The van der Waals surface area contributed by atoms with E-state index in [-0.39, 0.29) is 0 Å². The molecule has 0 aliphatic heterocycles. The molecule has 0 aromatic carbocycles. The van der Waals surface area contributed by atoms with E-state index in [2.05, 4.69) is 23.7 Å². The largest absolute Gasteiger partial charge is 0.385 e. The Kier molecular flexibility index (Phi) is 5.83. The number of ether oxygens (including phenoxy) is 1. The molecule has 0 unspecified atom stereocenters. The number of methoxy groups -OCH3 is 1. The van der Waals surface area contributed by atoms with Crippen molar-refractivity contribution in [2.24, 2.45) is 0 Å². The Morgan fingerprint density at radius 1 is 1.50 bits per heavy atom. The summed E-state index contributed by atoms with van der Waals surface area (Å²) in [5.41, 5.74) is 1.48. The molecule has 0 bridgehead atoms. The third-order valence-corrected chi connectivity index (χ3v) is 3.17. The third-order valence-electron chi connectivity index (χ3n) is 2.21. The zero-order valence-electron chi connectivity index (χ0n) is 9.01. The topological polar surface area (TPSA) is 21.3 Å². The summed E-state index contributed by atoms with van der Waals surface area (Å²) in [5, 5.41) is 5.60. The molecule has 3 heteroatoms. The van der Waals surface area contributed by atoms with Crippen LogP contribution in [0.3, 0.4) is 0 Å². The van der Waals surface area contributed by atoms with Crippen molar-refractivity contribution in [3.8, 4) is 0 Å². The summed E-state index contributed by atoms with van der Waals surface area (Å²) in [5.74, 6) is 0. The van der Waals surface area contributed by atoms with E-state index in [0.29, 0.717) is 0 Å². The van der Waals surface area contributed by atoms with Gasteiger partial charge in [0.05, 0.1) is 0 Å².